The van der Waals surface area contributed by atoms with Gasteiger partial charge in [0.1, 0.15) is 17.5 Å². The van der Waals surface area contributed by atoms with Crippen LogP contribution in [0.5, 0.6) is 0 Å². The molecule has 0 saturated carbocycles. The van der Waals surface area contributed by atoms with E-state index in [9.17, 15) is 8.42 Å². The molecule has 3 heterocycles. The number of nitrogen functional groups attached to an aromatic ring is 2. The summed E-state index contributed by atoms with van der Waals surface area (Å²) in [4.78, 5) is 12.1. The number of nitrogens with zero attached hydrogens (tertiary/aromatic N) is 5. The van der Waals surface area contributed by atoms with E-state index < -0.39 is 9.84 Å². The highest BCUT2D eigenvalue weighted by atomic mass is 32.2. The van der Waals surface area contributed by atoms with Crippen molar-refractivity contribution in [2.24, 2.45) is 0 Å². The molecule has 2 aromatic rings. The highest BCUT2D eigenvalue weighted by molar-refractivity contribution is 7.90. The first-order valence-corrected chi connectivity index (χ1v) is 9.60. The molecule has 0 bridgehead atoms. The van der Waals surface area contributed by atoms with Crippen molar-refractivity contribution in [3.05, 3.63) is 17.8 Å². The van der Waals surface area contributed by atoms with E-state index in [0.717, 1.165) is 38.1 Å². The van der Waals surface area contributed by atoms with Crippen molar-refractivity contribution in [3.8, 4) is 0 Å². The van der Waals surface area contributed by atoms with Gasteiger partial charge in [-0.2, -0.15) is 5.10 Å². The predicted octanol–water partition coefficient (Wildman–Crippen LogP) is -0.486. The Morgan fingerprint density at radius 2 is 1.76 bits per heavy atom. The standard InChI is InChI=1S/C10H17N5O2S.C4H7N3/c1-14-3-5-15(6-4-14)9-7-8(11)12-10(13-9)18(2,16)17;1-3-2-4(5)7-6-3/h7H,3-6H2,1-2H3,(H2,11,12,13);2H,1H3,(H3,5,6,7). The van der Waals surface area contributed by atoms with Crippen molar-refractivity contribution in [1.29, 1.82) is 0 Å². The lowest BCUT2D eigenvalue weighted by atomic mass is 10.3. The SMILES string of the molecule is CN1CCN(c2cc(N)nc(S(C)(=O)=O)n2)CC1.Cc1cc(N)[nH]n1. The van der Waals surface area contributed by atoms with Gasteiger partial charge < -0.3 is 21.3 Å². The Hall–Kier alpha value is -2.40. The Morgan fingerprint density at radius 3 is 2.20 bits per heavy atom. The van der Waals surface area contributed by atoms with Gasteiger partial charge in [0.05, 0.1) is 5.69 Å². The number of nitrogens with one attached hydrogen (secondary N) is 1. The van der Waals surface area contributed by atoms with E-state index in [1.165, 1.54) is 0 Å². The fraction of sp³-hybridized carbons (Fsp3) is 0.500. The fourth-order valence-corrected chi connectivity index (χ4v) is 2.77. The van der Waals surface area contributed by atoms with Crippen LogP contribution in [-0.2, 0) is 9.84 Å². The first-order chi connectivity index (χ1) is 11.6. The van der Waals surface area contributed by atoms with Crippen LogP contribution in [0.3, 0.4) is 0 Å². The van der Waals surface area contributed by atoms with Crippen LogP contribution in [-0.4, -0.2) is 73.0 Å². The van der Waals surface area contributed by atoms with Crippen LogP contribution in [0, 0.1) is 6.92 Å². The number of likely N-dealkylation sites (N-methyl/N-ethyl adjacent to an activating group) is 1. The van der Waals surface area contributed by atoms with E-state index >= 15 is 0 Å². The predicted molar refractivity (Wildman–Crippen MR) is 97.0 cm³/mol. The molecule has 5 N–H and O–H groups in total. The molecule has 0 amide bonds. The smallest absolute Gasteiger partial charge is 0.250 e. The zero-order chi connectivity index (χ0) is 18.6. The first-order valence-electron chi connectivity index (χ1n) is 7.71. The second-order valence-electron chi connectivity index (χ2n) is 5.96. The quantitative estimate of drug-likeness (QED) is 0.597. The molecule has 10 nitrogen and oxygen atoms in total. The average Bonchev–Trinajstić information content (AvgIpc) is 2.90. The molecular weight excluding hydrogens is 344 g/mol. The molecule has 0 spiro atoms. The van der Waals surface area contributed by atoms with E-state index in [1.54, 1.807) is 12.1 Å². The van der Waals surface area contributed by atoms with E-state index in [0.29, 0.717) is 11.6 Å². The summed E-state index contributed by atoms with van der Waals surface area (Å²) in [7, 11) is -1.39. The zero-order valence-electron chi connectivity index (χ0n) is 14.6. The van der Waals surface area contributed by atoms with Crippen molar-refractivity contribution in [1.82, 2.24) is 25.1 Å². The Morgan fingerprint density at radius 1 is 1.12 bits per heavy atom. The molecular formula is C14H24N8O2S. The Kier molecular flexibility index (Phi) is 5.80. The molecule has 2 aromatic heterocycles. The molecule has 0 aromatic carbocycles. The van der Waals surface area contributed by atoms with Crippen LogP contribution in [0.4, 0.5) is 17.5 Å². The molecule has 1 fully saturated rings. The van der Waals surface area contributed by atoms with Crippen LogP contribution in [0.25, 0.3) is 0 Å². The summed E-state index contributed by atoms with van der Waals surface area (Å²) in [5.74, 6) is 1.38. The Bertz CT molecular complexity index is 795. The highest BCUT2D eigenvalue weighted by Crippen LogP contribution is 2.17. The van der Waals surface area contributed by atoms with E-state index in [-0.39, 0.29) is 11.0 Å². The average molecular weight is 368 g/mol. The van der Waals surface area contributed by atoms with Gasteiger partial charge in [-0.1, -0.05) is 0 Å². The summed E-state index contributed by atoms with van der Waals surface area (Å²) in [5, 5.41) is 6.15. The van der Waals surface area contributed by atoms with Crippen LogP contribution >= 0.6 is 0 Å². The Labute approximate surface area is 147 Å². The molecule has 138 valence electrons. The number of aryl methyl sites for hydroxylation is 1. The van der Waals surface area contributed by atoms with Gasteiger partial charge in [0, 0.05) is 44.6 Å². The van der Waals surface area contributed by atoms with Gasteiger partial charge in [-0.05, 0) is 14.0 Å². The number of anilines is 3. The van der Waals surface area contributed by atoms with Crippen molar-refractivity contribution in [3.63, 3.8) is 0 Å². The number of aromatic amines is 1. The largest absolute Gasteiger partial charge is 0.384 e. The monoisotopic (exact) mass is 368 g/mol. The second kappa shape index (κ2) is 7.66. The minimum Gasteiger partial charge on any atom is -0.384 e. The highest BCUT2D eigenvalue weighted by Gasteiger charge is 2.19. The number of piperazine rings is 1. The van der Waals surface area contributed by atoms with Gasteiger partial charge in [0.25, 0.3) is 5.16 Å². The summed E-state index contributed by atoms with van der Waals surface area (Å²) in [6.45, 7) is 5.31. The zero-order valence-corrected chi connectivity index (χ0v) is 15.4. The molecule has 0 radical (unpaired) electrons. The third-order valence-corrected chi connectivity index (χ3v) is 4.44. The van der Waals surface area contributed by atoms with Crippen molar-refractivity contribution < 1.29 is 8.42 Å². The lowest BCUT2D eigenvalue weighted by molar-refractivity contribution is 0.312. The summed E-state index contributed by atoms with van der Waals surface area (Å²) in [5.41, 5.74) is 11.8. The normalized spacial score (nSPS) is 15.6. The molecule has 1 aliphatic heterocycles. The number of hydrogen-bond acceptors (Lipinski definition) is 9. The maximum Gasteiger partial charge on any atom is 0.250 e. The maximum absolute atomic E-state index is 11.5. The molecule has 3 rings (SSSR count). The van der Waals surface area contributed by atoms with E-state index in [1.807, 2.05) is 18.9 Å². The van der Waals surface area contributed by atoms with Crippen LogP contribution < -0.4 is 16.4 Å². The lowest BCUT2D eigenvalue weighted by Gasteiger charge is -2.33. The number of nitrogens with two attached hydrogens (primary N) is 2. The van der Waals surface area contributed by atoms with Gasteiger partial charge in [0.15, 0.2) is 0 Å². The molecule has 0 unspecified atom stereocenters. The summed E-state index contributed by atoms with van der Waals surface area (Å²) < 4.78 is 22.9. The van der Waals surface area contributed by atoms with Crippen molar-refractivity contribution in [2.75, 3.05) is 55.8 Å². The van der Waals surface area contributed by atoms with Gasteiger partial charge in [-0.15, -0.1) is 0 Å². The molecule has 0 aliphatic carbocycles. The molecule has 11 heteroatoms. The third kappa shape index (κ3) is 5.57. The summed E-state index contributed by atoms with van der Waals surface area (Å²) in [6.07, 6.45) is 1.08. The van der Waals surface area contributed by atoms with Gasteiger partial charge in [0.2, 0.25) is 9.84 Å². The summed E-state index contributed by atoms with van der Waals surface area (Å²) in [6, 6.07) is 3.39. The van der Waals surface area contributed by atoms with E-state index in [2.05, 4.69) is 25.1 Å². The van der Waals surface area contributed by atoms with Gasteiger partial charge in [-0.25, -0.2) is 18.4 Å². The minimum atomic E-state index is -3.44. The number of sulfone groups is 1. The third-order valence-electron chi connectivity index (χ3n) is 3.60. The van der Waals surface area contributed by atoms with Crippen LogP contribution in [0.2, 0.25) is 0 Å². The lowest BCUT2D eigenvalue weighted by Crippen LogP contribution is -2.45. The summed E-state index contributed by atoms with van der Waals surface area (Å²) >= 11 is 0. The maximum atomic E-state index is 11.5. The topological polar surface area (TPSA) is 147 Å². The molecule has 25 heavy (non-hydrogen) atoms. The molecule has 1 saturated heterocycles. The number of aromatic nitrogens is 4. The van der Waals surface area contributed by atoms with Crippen molar-refractivity contribution >= 4 is 27.3 Å². The fourth-order valence-electron chi connectivity index (χ4n) is 2.24. The van der Waals surface area contributed by atoms with Crippen LogP contribution in [0.1, 0.15) is 5.69 Å². The van der Waals surface area contributed by atoms with E-state index in [4.69, 9.17) is 11.5 Å². The molecule has 0 atom stereocenters. The molecule has 1 aliphatic rings. The van der Waals surface area contributed by atoms with Gasteiger partial charge >= 0.3 is 0 Å². The Balaban J connectivity index is 0.000000269. The van der Waals surface area contributed by atoms with Gasteiger partial charge in [-0.3, -0.25) is 5.10 Å². The number of rotatable bonds is 2. The first kappa shape index (κ1) is 18.9. The minimum absolute atomic E-state index is 0.180. The van der Waals surface area contributed by atoms with Crippen molar-refractivity contribution in [2.45, 2.75) is 12.1 Å². The number of H-pyrrole nitrogens is 1. The number of hydrogen-bond donors (Lipinski definition) is 3. The second-order valence-corrected chi connectivity index (χ2v) is 7.87. The van der Waals surface area contributed by atoms with Crippen LogP contribution in [0.15, 0.2) is 17.3 Å².